The van der Waals surface area contributed by atoms with Crippen molar-refractivity contribution in [2.75, 3.05) is 0 Å². The van der Waals surface area contributed by atoms with Crippen molar-refractivity contribution in [1.29, 1.82) is 0 Å². The van der Waals surface area contributed by atoms with Gasteiger partial charge in [-0.1, -0.05) is 36.4 Å². The van der Waals surface area contributed by atoms with Crippen molar-refractivity contribution in [2.24, 2.45) is 0 Å². The molecule has 6 aromatic rings. The normalized spacial score (nSPS) is 9.33. The first-order chi connectivity index (χ1) is 21.3. The van der Waals surface area contributed by atoms with E-state index in [1.54, 1.807) is 48.5 Å². The molecule has 0 aliphatic heterocycles. The van der Waals surface area contributed by atoms with Crippen LogP contribution in [-0.4, -0.2) is 11.9 Å². The summed E-state index contributed by atoms with van der Waals surface area (Å²) in [5.41, 5.74) is 0.576. The van der Waals surface area contributed by atoms with Gasteiger partial charge in [0.1, 0.15) is 0 Å². The monoisotopic (exact) mass is 644 g/mol. The number of carbonyl (C=O) groups is 2. The summed E-state index contributed by atoms with van der Waals surface area (Å²) >= 11 is 0. The van der Waals surface area contributed by atoms with Crippen molar-refractivity contribution >= 4 is 11.9 Å². The van der Waals surface area contributed by atoms with Crippen LogP contribution in [0.2, 0.25) is 0 Å². The van der Waals surface area contributed by atoms with E-state index < -0.39 is 35.2 Å². The first kappa shape index (κ1) is 36.1. The Hall–Kier alpha value is -5.05. The fraction of sp³-hybridized carbons (Fsp3) is 0. The van der Waals surface area contributed by atoms with Crippen LogP contribution in [0, 0.1) is 35.4 Å². The minimum atomic E-state index is -1.03. The van der Waals surface area contributed by atoms with Crippen molar-refractivity contribution < 1.29 is 58.3 Å². The van der Waals surface area contributed by atoms with Crippen LogP contribution >= 0.6 is 0 Å². The van der Waals surface area contributed by atoms with E-state index in [-0.39, 0.29) is 44.3 Å². The predicted octanol–water partition coefficient (Wildman–Crippen LogP) is 8.78. The van der Waals surface area contributed by atoms with Gasteiger partial charge in [0.05, 0.1) is 34.3 Å². The minimum Gasteiger partial charge on any atom is -0.484 e. The molecule has 0 saturated carbocycles. The third-order valence-electron chi connectivity index (χ3n) is 5.19. The number of hydrogen-bond donors (Lipinski definition) is 0. The van der Waals surface area contributed by atoms with Crippen LogP contribution < -0.4 is 9.47 Å². The molecule has 0 atom stereocenters. The molecular weight excluding hydrogens is 620 g/mol. The van der Waals surface area contributed by atoms with E-state index in [0.29, 0.717) is 0 Å². The Balaban J connectivity index is 0.000000235. The molecule has 9 heteroatoms. The Kier molecular flexibility index (Phi) is 16.1. The molecule has 0 amide bonds. The summed E-state index contributed by atoms with van der Waals surface area (Å²) in [4.78, 5) is 23.1. The average Bonchev–Trinajstić information content (AvgIpc) is 3.82. The summed E-state index contributed by atoms with van der Waals surface area (Å²) in [7, 11) is 0. The molecule has 6 aromatic carbocycles. The molecule has 4 nitrogen and oxygen atoms in total. The molecule has 0 N–H and O–H groups in total. The van der Waals surface area contributed by atoms with Crippen molar-refractivity contribution in [2.45, 2.75) is 0 Å². The quantitative estimate of drug-likeness (QED) is 0.0633. The third kappa shape index (κ3) is 13.4. The first-order valence-corrected chi connectivity index (χ1v) is 13.0. The Labute approximate surface area is 273 Å². The zero-order valence-electron chi connectivity index (χ0n) is 23.5. The summed E-state index contributed by atoms with van der Waals surface area (Å²) < 4.78 is 61.0. The molecule has 224 valence electrons. The first-order valence-electron chi connectivity index (χ1n) is 13.0. The van der Waals surface area contributed by atoms with Gasteiger partial charge in [0, 0.05) is 11.6 Å². The fourth-order valence-electron chi connectivity index (χ4n) is 3.13. The van der Waals surface area contributed by atoms with Crippen molar-refractivity contribution in [1.82, 2.24) is 0 Å². The van der Waals surface area contributed by atoms with Crippen molar-refractivity contribution in [3.63, 3.8) is 0 Å². The molecule has 45 heavy (non-hydrogen) atoms. The van der Waals surface area contributed by atoms with Crippen LogP contribution in [0.1, 0.15) is 20.7 Å². The SMILES string of the molecule is O=C(Oc1ccc(F)[c-]c1F)c1ccccc1.O=C(Oc1ccc(F)[c-]c1F)c1ccccc1.[Ti+4].c1cc[cH-]c1.c1cc[cH-]c1. The zero-order chi connectivity index (χ0) is 31.6. The average molecular weight is 644 g/mol. The molecule has 6 rings (SSSR count). The van der Waals surface area contributed by atoms with Crippen LogP contribution in [0.5, 0.6) is 11.5 Å². The largest absolute Gasteiger partial charge is 4.00 e. The van der Waals surface area contributed by atoms with Gasteiger partial charge in [0.15, 0.2) is 0 Å². The van der Waals surface area contributed by atoms with E-state index in [0.717, 1.165) is 24.3 Å². The van der Waals surface area contributed by atoms with Gasteiger partial charge in [0.25, 0.3) is 0 Å². The van der Waals surface area contributed by atoms with E-state index in [1.165, 1.54) is 24.3 Å². The third-order valence-corrected chi connectivity index (χ3v) is 5.19. The second-order valence-electron chi connectivity index (χ2n) is 8.40. The van der Waals surface area contributed by atoms with Gasteiger partial charge in [-0.25, -0.2) is 51.4 Å². The zero-order valence-corrected chi connectivity index (χ0v) is 25.1. The molecule has 0 aliphatic carbocycles. The second kappa shape index (κ2) is 20.0. The maximum atomic E-state index is 13.2. The summed E-state index contributed by atoms with van der Waals surface area (Å²) in [6.07, 6.45) is 0. The van der Waals surface area contributed by atoms with E-state index in [1.807, 2.05) is 60.7 Å². The van der Waals surface area contributed by atoms with Gasteiger partial charge in [-0.15, -0.1) is 36.4 Å². The molecule has 0 aliphatic rings. The molecule has 0 bridgehead atoms. The Bertz CT molecular complexity index is 1510. The topological polar surface area (TPSA) is 52.6 Å². The molecule has 0 saturated heterocycles. The van der Waals surface area contributed by atoms with Crippen LogP contribution in [0.3, 0.4) is 0 Å². The van der Waals surface area contributed by atoms with Gasteiger partial charge >= 0.3 is 33.7 Å². The number of ether oxygens (including phenoxy) is 2. The van der Waals surface area contributed by atoms with E-state index in [2.05, 4.69) is 0 Å². The van der Waals surface area contributed by atoms with E-state index in [9.17, 15) is 27.2 Å². The van der Waals surface area contributed by atoms with Gasteiger partial charge < -0.3 is 9.47 Å². The molecule has 0 unspecified atom stereocenters. The second-order valence-corrected chi connectivity index (χ2v) is 8.40. The van der Waals surface area contributed by atoms with Crippen molar-refractivity contribution in [3.05, 3.63) is 192 Å². The summed E-state index contributed by atoms with van der Waals surface area (Å²) in [6.45, 7) is 0. The smallest absolute Gasteiger partial charge is 0.484 e. The number of hydrogen-bond acceptors (Lipinski definition) is 4. The maximum Gasteiger partial charge on any atom is 4.00 e. The van der Waals surface area contributed by atoms with Crippen LogP contribution in [0.4, 0.5) is 17.6 Å². The van der Waals surface area contributed by atoms with Gasteiger partial charge in [-0.2, -0.15) is 36.4 Å². The molecule has 0 fully saturated rings. The van der Waals surface area contributed by atoms with Crippen LogP contribution in [-0.2, 0) is 21.7 Å². The van der Waals surface area contributed by atoms with E-state index >= 15 is 0 Å². The molecule has 0 radical (unpaired) electrons. The van der Waals surface area contributed by atoms with Gasteiger partial charge in [-0.3, -0.25) is 0 Å². The summed E-state index contributed by atoms with van der Waals surface area (Å²) in [5.74, 6) is -5.86. The summed E-state index contributed by atoms with van der Waals surface area (Å²) in [5, 5.41) is 0. The Morgan fingerprint density at radius 3 is 1.09 bits per heavy atom. The molecular formula is C36H24F4O4Ti. The maximum absolute atomic E-state index is 13.2. The predicted molar refractivity (Wildman–Crippen MR) is 157 cm³/mol. The molecule has 0 heterocycles. The van der Waals surface area contributed by atoms with Gasteiger partial charge in [-0.05, 0) is 24.3 Å². The number of esters is 2. The van der Waals surface area contributed by atoms with Crippen LogP contribution in [0.15, 0.2) is 146 Å². The number of rotatable bonds is 4. The fourth-order valence-corrected chi connectivity index (χ4v) is 3.13. The molecule has 0 spiro atoms. The number of benzene rings is 4. The van der Waals surface area contributed by atoms with E-state index in [4.69, 9.17) is 9.47 Å². The number of carbonyl (C=O) groups excluding carboxylic acids is 2. The Morgan fingerprint density at radius 1 is 0.489 bits per heavy atom. The van der Waals surface area contributed by atoms with Crippen LogP contribution in [0.25, 0.3) is 0 Å². The number of halogens is 4. The Morgan fingerprint density at radius 2 is 0.822 bits per heavy atom. The molecule has 0 aromatic heterocycles. The standard InChI is InChI=1S/2C13H7F2O2.2C5H5.Ti/c2*14-10-6-7-12(11(15)8-10)17-13(16)9-4-2-1-3-5-9;2*1-2-4-5-3-1;/h2*1-7H;2*1-5H;/q4*-1;+4. The van der Waals surface area contributed by atoms with Crippen molar-refractivity contribution in [3.8, 4) is 11.5 Å². The van der Waals surface area contributed by atoms with Gasteiger partial charge in [0.2, 0.25) is 0 Å². The minimum absolute atomic E-state index is 0. The summed E-state index contributed by atoms with van der Waals surface area (Å²) in [6, 6.07) is 43.8.